The first kappa shape index (κ1) is 20.2. The number of rotatable bonds is 1. The molecule has 4 heterocycles. The Kier molecular flexibility index (Phi) is 6.14. The highest BCUT2D eigenvalue weighted by Crippen LogP contribution is 2.35. The van der Waals surface area contributed by atoms with Crippen molar-refractivity contribution < 1.29 is 4.74 Å². The largest absolute Gasteiger partial charge is 0.487 e. The van der Waals surface area contributed by atoms with Gasteiger partial charge in [-0.2, -0.15) is 0 Å². The lowest BCUT2D eigenvalue weighted by molar-refractivity contribution is 0.301. The summed E-state index contributed by atoms with van der Waals surface area (Å²) in [5.41, 5.74) is 3.51. The number of hydrogen-bond acceptors (Lipinski definition) is 5. The number of ether oxygens (including phenoxy) is 1. The van der Waals surface area contributed by atoms with Crippen molar-refractivity contribution in [1.82, 2.24) is 15.3 Å². The number of aromatic nitrogens is 2. The average Bonchev–Trinajstić information content (AvgIpc) is 2.97. The molecule has 7 heteroatoms. The molecule has 2 atom stereocenters. The van der Waals surface area contributed by atoms with Crippen LogP contribution < -0.4 is 15.0 Å². The van der Waals surface area contributed by atoms with E-state index in [1.54, 1.807) is 0 Å². The Morgan fingerprint density at radius 3 is 2.85 bits per heavy atom. The van der Waals surface area contributed by atoms with Gasteiger partial charge in [0, 0.05) is 31.1 Å². The highest BCUT2D eigenvalue weighted by atomic mass is 35.5. The van der Waals surface area contributed by atoms with Crippen LogP contribution in [0.4, 0.5) is 5.82 Å². The first-order valence-electron chi connectivity index (χ1n) is 9.33. The van der Waals surface area contributed by atoms with E-state index in [0.29, 0.717) is 12.6 Å². The van der Waals surface area contributed by atoms with Crippen LogP contribution in [0, 0.1) is 12.8 Å². The summed E-state index contributed by atoms with van der Waals surface area (Å²) in [5, 5.41) is 3.69. The van der Waals surface area contributed by atoms with Crippen LogP contribution >= 0.6 is 24.8 Å². The monoisotopic (exact) mass is 408 g/mol. The normalized spacial score (nSPS) is 22.9. The van der Waals surface area contributed by atoms with E-state index in [2.05, 4.69) is 28.4 Å². The van der Waals surface area contributed by atoms with Crippen molar-refractivity contribution in [2.75, 3.05) is 24.5 Å². The molecule has 0 amide bonds. The lowest BCUT2D eigenvalue weighted by atomic mass is 9.94. The van der Waals surface area contributed by atoms with E-state index < -0.39 is 0 Å². The molecular formula is C20H26Cl2N4O. The van der Waals surface area contributed by atoms with Crippen molar-refractivity contribution in [3.63, 3.8) is 0 Å². The quantitative estimate of drug-likeness (QED) is 0.784. The maximum absolute atomic E-state index is 6.02. The third-order valence-electron chi connectivity index (χ3n) is 5.79. The molecule has 0 spiro atoms. The van der Waals surface area contributed by atoms with E-state index in [1.165, 1.54) is 24.0 Å². The zero-order chi connectivity index (χ0) is 16.8. The summed E-state index contributed by atoms with van der Waals surface area (Å²) in [6.07, 6.45) is 3.46. The fraction of sp³-hybridized carbons (Fsp3) is 0.500. The topological polar surface area (TPSA) is 50.3 Å². The van der Waals surface area contributed by atoms with E-state index in [9.17, 15) is 0 Å². The van der Waals surface area contributed by atoms with Gasteiger partial charge in [-0.3, -0.25) is 0 Å². The second-order valence-electron chi connectivity index (χ2n) is 7.46. The Bertz CT molecular complexity index is 803. The molecule has 146 valence electrons. The van der Waals surface area contributed by atoms with Gasteiger partial charge in [0.15, 0.2) is 0 Å². The molecule has 2 saturated heterocycles. The predicted octanol–water partition coefficient (Wildman–Crippen LogP) is 3.30. The number of aryl methyl sites for hydroxylation is 1. The molecule has 0 aliphatic carbocycles. The molecule has 0 bridgehead atoms. The Morgan fingerprint density at radius 2 is 2.00 bits per heavy atom. The summed E-state index contributed by atoms with van der Waals surface area (Å²) in [6, 6.07) is 8.92. The minimum absolute atomic E-state index is 0. The van der Waals surface area contributed by atoms with Crippen LogP contribution in [-0.2, 0) is 13.0 Å². The predicted molar refractivity (Wildman–Crippen MR) is 112 cm³/mol. The molecule has 0 unspecified atom stereocenters. The van der Waals surface area contributed by atoms with Gasteiger partial charge in [-0.15, -0.1) is 24.8 Å². The van der Waals surface area contributed by atoms with Crippen molar-refractivity contribution in [2.45, 2.75) is 38.8 Å². The number of halogens is 2. The van der Waals surface area contributed by atoms with Gasteiger partial charge in [-0.05, 0) is 43.9 Å². The molecule has 0 radical (unpaired) electrons. The van der Waals surface area contributed by atoms with Crippen LogP contribution in [0.25, 0.3) is 0 Å². The molecule has 1 aromatic heterocycles. The van der Waals surface area contributed by atoms with E-state index in [4.69, 9.17) is 14.7 Å². The highest BCUT2D eigenvalue weighted by molar-refractivity contribution is 5.85. The molecule has 27 heavy (non-hydrogen) atoms. The highest BCUT2D eigenvalue weighted by Gasteiger charge is 2.36. The molecule has 1 N–H and O–H groups in total. The molecule has 2 aromatic rings. The van der Waals surface area contributed by atoms with E-state index in [1.807, 2.05) is 13.0 Å². The summed E-state index contributed by atoms with van der Waals surface area (Å²) in [4.78, 5) is 12.1. The molecule has 5 nitrogen and oxygen atoms in total. The maximum Gasteiger partial charge on any atom is 0.136 e. The van der Waals surface area contributed by atoms with E-state index >= 15 is 0 Å². The van der Waals surface area contributed by atoms with Gasteiger partial charge >= 0.3 is 0 Å². The van der Waals surface area contributed by atoms with Crippen LogP contribution in [0.15, 0.2) is 24.3 Å². The third kappa shape index (κ3) is 3.73. The minimum Gasteiger partial charge on any atom is -0.487 e. The Balaban J connectivity index is 0.00000105. The van der Waals surface area contributed by atoms with Gasteiger partial charge in [-0.25, -0.2) is 9.97 Å². The third-order valence-corrected chi connectivity index (χ3v) is 5.79. The first-order valence-corrected chi connectivity index (χ1v) is 9.33. The second-order valence-corrected chi connectivity index (χ2v) is 7.46. The fourth-order valence-electron chi connectivity index (χ4n) is 4.55. The number of piperidine rings is 1. The number of nitrogens with zero attached hydrogens (tertiary/aromatic N) is 3. The number of anilines is 1. The minimum atomic E-state index is 0. The summed E-state index contributed by atoms with van der Waals surface area (Å²) in [6.45, 7) is 5.82. The van der Waals surface area contributed by atoms with Crippen molar-refractivity contribution in [2.24, 2.45) is 5.92 Å². The smallest absolute Gasteiger partial charge is 0.136 e. The lowest BCUT2D eigenvalue weighted by Gasteiger charge is -2.24. The Labute approximate surface area is 172 Å². The number of hydrogen-bond donors (Lipinski definition) is 1. The van der Waals surface area contributed by atoms with Gasteiger partial charge < -0.3 is 15.0 Å². The van der Waals surface area contributed by atoms with Gasteiger partial charge in [-0.1, -0.05) is 18.2 Å². The van der Waals surface area contributed by atoms with Crippen LogP contribution in [0.1, 0.15) is 35.5 Å². The van der Waals surface area contributed by atoms with Crippen molar-refractivity contribution in [3.05, 3.63) is 46.9 Å². The zero-order valence-corrected chi connectivity index (χ0v) is 17.1. The van der Waals surface area contributed by atoms with Crippen molar-refractivity contribution >= 4 is 30.6 Å². The molecule has 3 aliphatic heterocycles. The average molecular weight is 409 g/mol. The first-order chi connectivity index (χ1) is 12.3. The van der Waals surface area contributed by atoms with E-state index in [0.717, 1.165) is 55.1 Å². The van der Waals surface area contributed by atoms with Crippen LogP contribution in [0.3, 0.4) is 0 Å². The summed E-state index contributed by atoms with van der Waals surface area (Å²) < 4.78 is 6.02. The molecule has 1 aromatic carbocycles. The fourth-order valence-corrected chi connectivity index (χ4v) is 4.55. The molecule has 5 rings (SSSR count). The lowest BCUT2D eigenvalue weighted by Crippen LogP contribution is -2.40. The number of benzene rings is 1. The number of fused-ring (bicyclic) bond motifs is 3. The standard InChI is InChI=1S/C20H24N4O.2ClH/c1-13-22-18-12-25-19-7-3-2-5-14(19)9-16(18)20(23-13)24-10-15-6-4-8-21-17(15)11-24;;/h2-3,5,7,15,17,21H,4,6,8-12H2,1H3;2*1H/t15-,17+;;/m0../s1. The summed E-state index contributed by atoms with van der Waals surface area (Å²) >= 11 is 0. The van der Waals surface area contributed by atoms with Crippen LogP contribution in [-0.4, -0.2) is 35.6 Å². The van der Waals surface area contributed by atoms with Gasteiger partial charge in [0.2, 0.25) is 0 Å². The Morgan fingerprint density at radius 1 is 1.15 bits per heavy atom. The van der Waals surface area contributed by atoms with Gasteiger partial charge in [0.05, 0.1) is 5.69 Å². The number of nitrogens with one attached hydrogen (secondary N) is 1. The Hall–Kier alpha value is -1.56. The van der Waals surface area contributed by atoms with Gasteiger partial charge in [0.25, 0.3) is 0 Å². The van der Waals surface area contributed by atoms with E-state index in [-0.39, 0.29) is 24.8 Å². The summed E-state index contributed by atoms with van der Waals surface area (Å²) in [7, 11) is 0. The molecule has 0 saturated carbocycles. The SMILES string of the molecule is Cc1nc2c(c(N3C[C@@H]4CCCN[C@@H]4C3)n1)Cc1ccccc1OC2.Cl.Cl. The van der Waals surface area contributed by atoms with Crippen molar-refractivity contribution in [3.8, 4) is 5.75 Å². The second kappa shape index (κ2) is 8.21. The summed E-state index contributed by atoms with van der Waals surface area (Å²) in [5.74, 6) is 3.68. The van der Waals surface area contributed by atoms with Crippen LogP contribution in [0.5, 0.6) is 5.75 Å². The number of para-hydroxylation sites is 1. The van der Waals surface area contributed by atoms with Crippen molar-refractivity contribution in [1.29, 1.82) is 0 Å². The zero-order valence-electron chi connectivity index (χ0n) is 15.5. The molecule has 2 fully saturated rings. The van der Waals surface area contributed by atoms with Gasteiger partial charge in [0.1, 0.15) is 24.0 Å². The molecular weight excluding hydrogens is 383 g/mol. The molecule has 3 aliphatic rings. The maximum atomic E-state index is 6.02. The van der Waals surface area contributed by atoms with Crippen LogP contribution in [0.2, 0.25) is 0 Å².